The molecule has 0 saturated carbocycles. The van der Waals surface area contributed by atoms with E-state index in [0.29, 0.717) is 12.3 Å². The molecule has 0 aliphatic rings. The summed E-state index contributed by atoms with van der Waals surface area (Å²) in [5.74, 6) is 0.303. The molecule has 1 atom stereocenters. The van der Waals surface area contributed by atoms with Crippen molar-refractivity contribution in [3.8, 4) is 0 Å². The quantitative estimate of drug-likeness (QED) is 0.809. The molecule has 0 amide bonds. The van der Waals surface area contributed by atoms with E-state index < -0.39 is 15.6 Å². The zero-order valence-electron chi connectivity index (χ0n) is 11.5. The minimum Gasteiger partial charge on any atom is -0.389 e. The molecule has 1 unspecified atom stereocenters. The van der Waals surface area contributed by atoms with Crippen LogP contribution < -0.4 is 4.72 Å². The standard InChI is InChI=1S/C12H20BrNO3S2/c1-8(2)6-12(4,15)7-14-19(16,17)10-5-9(3)11(13)18-10/h5,8,14-15H,6-7H2,1-4H3. The van der Waals surface area contributed by atoms with Crippen molar-refractivity contribution in [2.75, 3.05) is 6.54 Å². The number of aryl methyl sites for hydroxylation is 1. The smallest absolute Gasteiger partial charge is 0.250 e. The Morgan fingerprint density at radius 2 is 2.11 bits per heavy atom. The highest BCUT2D eigenvalue weighted by molar-refractivity contribution is 9.11. The van der Waals surface area contributed by atoms with Gasteiger partial charge < -0.3 is 5.11 Å². The van der Waals surface area contributed by atoms with E-state index in [4.69, 9.17) is 0 Å². The molecule has 0 aliphatic carbocycles. The lowest BCUT2D eigenvalue weighted by Crippen LogP contribution is -2.41. The Kier molecular flexibility index (Phi) is 5.60. The van der Waals surface area contributed by atoms with Gasteiger partial charge in [-0.15, -0.1) is 11.3 Å². The Balaban J connectivity index is 2.76. The van der Waals surface area contributed by atoms with Gasteiger partial charge in [0.25, 0.3) is 0 Å². The Hall–Kier alpha value is 0.0500. The average Bonchev–Trinajstić information content (AvgIpc) is 2.56. The minimum atomic E-state index is -3.55. The second-order valence-corrected chi connectivity index (χ2v) is 9.81. The Bertz CT molecular complexity index is 516. The molecule has 1 aromatic heterocycles. The van der Waals surface area contributed by atoms with Crippen LogP contribution in [0.2, 0.25) is 0 Å². The highest BCUT2D eigenvalue weighted by Gasteiger charge is 2.26. The van der Waals surface area contributed by atoms with Crippen molar-refractivity contribution in [2.45, 2.75) is 43.9 Å². The Morgan fingerprint density at radius 1 is 1.53 bits per heavy atom. The first-order valence-electron chi connectivity index (χ1n) is 6.01. The maximum absolute atomic E-state index is 12.1. The van der Waals surface area contributed by atoms with Crippen LogP contribution in [0, 0.1) is 12.8 Å². The van der Waals surface area contributed by atoms with Crippen LogP contribution in [0.1, 0.15) is 32.8 Å². The van der Waals surface area contributed by atoms with E-state index in [0.717, 1.165) is 9.35 Å². The SMILES string of the molecule is Cc1cc(S(=O)(=O)NCC(C)(O)CC(C)C)sc1Br. The Morgan fingerprint density at radius 3 is 2.53 bits per heavy atom. The van der Waals surface area contributed by atoms with Crippen LogP contribution >= 0.6 is 27.3 Å². The highest BCUT2D eigenvalue weighted by atomic mass is 79.9. The first-order chi connectivity index (χ1) is 8.53. The minimum absolute atomic E-state index is 0.0160. The van der Waals surface area contributed by atoms with E-state index in [9.17, 15) is 13.5 Å². The summed E-state index contributed by atoms with van der Waals surface area (Å²) in [5, 5.41) is 10.1. The van der Waals surface area contributed by atoms with E-state index in [1.165, 1.54) is 11.3 Å². The molecule has 4 nitrogen and oxygen atoms in total. The van der Waals surface area contributed by atoms with Gasteiger partial charge in [0.05, 0.1) is 9.39 Å². The zero-order chi connectivity index (χ0) is 14.8. The van der Waals surface area contributed by atoms with Crippen LogP contribution in [-0.2, 0) is 10.0 Å². The van der Waals surface area contributed by atoms with E-state index in [2.05, 4.69) is 20.7 Å². The van der Waals surface area contributed by atoms with E-state index in [1.807, 2.05) is 20.8 Å². The molecular formula is C12H20BrNO3S2. The number of nitrogens with one attached hydrogen (secondary N) is 1. The number of thiophene rings is 1. The average molecular weight is 370 g/mol. The van der Waals surface area contributed by atoms with Crippen LogP contribution in [0.15, 0.2) is 14.1 Å². The maximum Gasteiger partial charge on any atom is 0.250 e. The van der Waals surface area contributed by atoms with Gasteiger partial charge in [-0.05, 0) is 53.7 Å². The Labute approximate surface area is 127 Å². The number of rotatable bonds is 6. The van der Waals surface area contributed by atoms with Crippen LogP contribution in [0.5, 0.6) is 0 Å². The second-order valence-electron chi connectivity index (χ2n) is 5.44. The van der Waals surface area contributed by atoms with Crippen LogP contribution in [0.25, 0.3) is 0 Å². The van der Waals surface area contributed by atoms with Crippen molar-refractivity contribution in [3.63, 3.8) is 0 Å². The third-order valence-electron chi connectivity index (χ3n) is 2.59. The summed E-state index contributed by atoms with van der Waals surface area (Å²) in [6, 6.07) is 1.62. The summed E-state index contributed by atoms with van der Waals surface area (Å²) in [7, 11) is -3.55. The molecule has 1 rings (SSSR count). The molecule has 0 radical (unpaired) electrons. The lowest BCUT2D eigenvalue weighted by Gasteiger charge is -2.25. The molecule has 19 heavy (non-hydrogen) atoms. The summed E-state index contributed by atoms with van der Waals surface area (Å²) in [5.41, 5.74) is -0.149. The molecule has 0 spiro atoms. The number of aliphatic hydroxyl groups is 1. The van der Waals surface area contributed by atoms with E-state index in [-0.39, 0.29) is 10.8 Å². The molecule has 110 valence electrons. The lowest BCUT2D eigenvalue weighted by atomic mass is 9.95. The maximum atomic E-state index is 12.1. The third kappa shape index (κ3) is 5.15. The first kappa shape index (κ1) is 17.1. The van der Waals surface area contributed by atoms with Gasteiger partial charge in [-0.2, -0.15) is 0 Å². The monoisotopic (exact) mass is 369 g/mol. The summed E-state index contributed by atoms with van der Waals surface area (Å²) in [6.45, 7) is 7.48. The molecule has 0 aromatic carbocycles. The summed E-state index contributed by atoms with van der Waals surface area (Å²) < 4.78 is 27.7. The van der Waals surface area contributed by atoms with Gasteiger partial charge in [-0.1, -0.05) is 13.8 Å². The predicted molar refractivity (Wildman–Crippen MR) is 82.0 cm³/mol. The van der Waals surface area contributed by atoms with Crippen molar-refractivity contribution in [3.05, 3.63) is 15.4 Å². The number of hydrogen-bond acceptors (Lipinski definition) is 4. The topological polar surface area (TPSA) is 66.4 Å². The number of halogens is 1. The second kappa shape index (κ2) is 6.22. The van der Waals surface area contributed by atoms with Crippen molar-refractivity contribution in [2.24, 2.45) is 5.92 Å². The molecule has 0 saturated heterocycles. The van der Waals surface area contributed by atoms with Crippen LogP contribution in [0.3, 0.4) is 0 Å². The largest absolute Gasteiger partial charge is 0.389 e. The van der Waals surface area contributed by atoms with E-state index in [1.54, 1.807) is 13.0 Å². The molecule has 0 aliphatic heterocycles. The highest BCUT2D eigenvalue weighted by Crippen LogP contribution is 2.30. The molecule has 1 aromatic rings. The fourth-order valence-corrected chi connectivity index (χ4v) is 5.27. The number of hydrogen-bond donors (Lipinski definition) is 2. The van der Waals surface area contributed by atoms with Crippen molar-refractivity contribution >= 4 is 37.3 Å². The summed E-state index contributed by atoms with van der Waals surface area (Å²) >= 11 is 4.48. The normalized spacial score (nSPS) is 15.7. The van der Waals surface area contributed by atoms with Crippen molar-refractivity contribution in [1.82, 2.24) is 4.72 Å². The van der Waals surface area contributed by atoms with Crippen molar-refractivity contribution in [1.29, 1.82) is 0 Å². The molecule has 7 heteroatoms. The zero-order valence-corrected chi connectivity index (χ0v) is 14.7. The van der Waals surface area contributed by atoms with Crippen LogP contribution in [0.4, 0.5) is 0 Å². The summed E-state index contributed by atoms with van der Waals surface area (Å²) in [6.07, 6.45) is 0.544. The van der Waals surface area contributed by atoms with E-state index >= 15 is 0 Å². The molecule has 1 heterocycles. The fraction of sp³-hybridized carbons (Fsp3) is 0.667. The molecular weight excluding hydrogens is 350 g/mol. The third-order valence-corrected chi connectivity index (χ3v) is 6.60. The van der Waals surface area contributed by atoms with Gasteiger partial charge in [0.15, 0.2) is 0 Å². The fourth-order valence-electron chi connectivity index (χ4n) is 1.84. The van der Waals surface area contributed by atoms with Gasteiger partial charge in [0.2, 0.25) is 10.0 Å². The van der Waals surface area contributed by atoms with Crippen molar-refractivity contribution < 1.29 is 13.5 Å². The predicted octanol–water partition coefficient (Wildman–Crippen LogP) is 2.89. The van der Waals surface area contributed by atoms with Gasteiger partial charge in [-0.3, -0.25) is 0 Å². The van der Waals surface area contributed by atoms with Gasteiger partial charge in [-0.25, -0.2) is 13.1 Å². The van der Waals surface area contributed by atoms with Gasteiger partial charge in [0, 0.05) is 6.54 Å². The summed E-state index contributed by atoms with van der Waals surface area (Å²) in [4.78, 5) is 0. The molecule has 0 fully saturated rings. The van der Waals surface area contributed by atoms with Crippen LogP contribution in [-0.4, -0.2) is 25.7 Å². The first-order valence-corrected chi connectivity index (χ1v) is 9.11. The van der Waals surface area contributed by atoms with Gasteiger partial charge in [0.1, 0.15) is 4.21 Å². The lowest BCUT2D eigenvalue weighted by molar-refractivity contribution is 0.0437. The molecule has 2 N–H and O–H groups in total. The van der Waals surface area contributed by atoms with Gasteiger partial charge >= 0.3 is 0 Å². The molecule has 0 bridgehead atoms. The number of sulfonamides is 1.